The van der Waals surface area contributed by atoms with Gasteiger partial charge in [-0.15, -0.1) is 0 Å². The molecule has 2 fully saturated rings. The second-order valence-corrected chi connectivity index (χ2v) is 9.20. The maximum Gasteiger partial charge on any atom is 0.186 e. The van der Waals surface area contributed by atoms with E-state index >= 15 is 0 Å². The van der Waals surface area contributed by atoms with Crippen LogP contribution in [0.25, 0.3) is 0 Å². The van der Waals surface area contributed by atoms with E-state index in [9.17, 15) is 30.6 Å². The third-order valence-corrected chi connectivity index (χ3v) is 6.20. The highest BCUT2D eigenvalue weighted by Gasteiger charge is 2.45. The fourth-order valence-corrected chi connectivity index (χ4v) is 3.84. The standard InChI is InChI=1S/C24H46O17/c25-13-15-17(27)19(29)21(31)23(40-15)38-11-9-36-7-5-34-3-1-33-2-4-35-6-8-37-10-12-39-24-22(32)20(30)18(28)16(14-26)41-24/h15-32H,1-14H2/t15-,16-,17-,18-,19+,20+,21-,22-,23-,24-/m1/s1. The van der Waals surface area contributed by atoms with Crippen molar-refractivity contribution in [2.45, 2.75) is 61.4 Å². The third-order valence-electron chi connectivity index (χ3n) is 6.20. The van der Waals surface area contributed by atoms with Gasteiger partial charge in [0.1, 0.15) is 48.8 Å². The first-order valence-electron chi connectivity index (χ1n) is 13.5. The quantitative estimate of drug-likeness (QED) is 0.0536. The van der Waals surface area contributed by atoms with Crippen molar-refractivity contribution in [2.75, 3.05) is 92.5 Å². The molecule has 17 heteroatoms. The zero-order chi connectivity index (χ0) is 30.0. The zero-order valence-electron chi connectivity index (χ0n) is 22.9. The number of aliphatic hydroxyl groups excluding tert-OH is 8. The van der Waals surface area contributed by atoms with Gasteiger partial charge in [-0.3, -0.25) is 0 Å². The van der Waals surface area contributed by atoms with Crippen molar-refractivity contribution in [1.29, 1.82) is 0 Å². The minimum absolute atomic E-state index is 0.0623. The van der Waals surface area contributed by atoms with E-state index < -0.39 is 74.6 Å². The van der Waals surface area contributed by atoms with E-state index in [2.05, 4.69) is 0 Å². The van der Waals surface area contributed by atoms with E-state index in [1.165, 1.54) is 0 Å². The number of aliphatic hydroxyl groups is 8. The van der Waals surface area contributed by atoms with Crippen LogP contribution in [0.2, 0.25) is 0 Å². The Hall–Kier alpha value is -0.680. The first-order valence-corrected chi connectivity index (χ1v) is 13.5. The second-order valence-electron chi connectivity index (χ2n) is 9.20. The molecule has 0 aromatic carbocycles. The summed E-state index contributed by atoms with van der Waals surface area (Å²) >= 11 is 0. The number of hydrogen-bond donors (Lipinski definition) is 8. The molecule has 2 saturated heterocycles. The van der Waals surface area contributed by atoms with E-state index in [1.54, 1.807) is 0 Å². The average Bonchev–Trinajstić information content (AvgIpc) is 2.97. The van der Waals surface area contributed by atoms with Crippen molar-refractivity contribution in [3.05, 3.63) is 0 Å². The fourth-order valence-electron chi connectivity index (χ4n) is 3.84. The topological polar surface area (TPSA) is 245 Å². The highest BCUT2D eigenvalue weighted by molar-refractivity contribution is 4.89. The molecule has 0 aliphatic carbocycles. The summed E-state index contributed by atoms with van der Waals surface area (Å²) in [6.07, 6.45) is -13.2. The molecular formula is C24H46O17. The van der Waals surface area contributed by atoms with Gasteiger partial charge < -0.3 is 83.5 Å². The van der Waals surface area contributed by atoms with Crippen LogP contribution in [-0.2, 0) is 42.6 Å². The molecule has 0 saturated carbocycles. The van der Waals surface area contributed by atoms with Gasteiger partial charge in [-0.25, -0.2) is 0 Å². The summed E-state index contributed by atoms with van der Waals surface area (Å²) in [4.78, 5) is 0. The van der Waals surface area contributed by atoms with E-state index in [-0.39, 0.29) is 26.4 Å². The molecule has 8 N–H and O–H groups in total. The van der Waals surface area contributed by atoms with Gasteiger partial charge in [0.25, 0.3) is 0 Å². The van der Waals surface area contributed by atoms with E-state index in [0.717, 1.165) is 0 Å². The first kappa shape index (κ1) is 36.5. The van der Waals surface area contributed by atoms with Gasteiger partial charge >= 0.3 is 0 Å². The SMILES string of the molecule is OC[C@H]1O[C@@H](OCCOCCOCCOCCOCCOCCO[C@@H]2O[C@H](CO)[C@@H](O)[C@H](O)[C@H]2O)[C@H](O)[C@@H](O)[C@@H]1O. The highest BCUT2D eigenvalue weighted by Crippen LogP contribution is 2.22. The van der Waals surface area contributed by atoms with Crippen LogP contribution in [0, 0.1) is 0 Å². The molecule has 2 aliphatic heterocycles. The van der Waals surface area contributed by atoms with Gasteiger partial charge in [0, 0.05) is 0 Å². The van der Waals surface area contributed by atoms with Gasteiger partial charge in [0.15, 0.2) is 12.6 Å². The van der Waals surface area contributed by atoms with Gasteiger partial charge in [0.2, 0.25) is 0 Å². The number of ether oxygens (including phenoxy) is 9. The zero-order valence-corrected chi connectivity index (χ0v) is 22.9. The molecule has 2 rings (SSSR count). The highest BCUT2D eigenvalue weighted by atomic mass is 16.7. The molecule has 0 amide bonds. The molecule has 0 bridgehead atoms. The number of rotatable bonds is 22. The third kappa shape index (κ3) is 12.8. The van der Waals surface area contributed by atoms with Crippen molar-refractivity contribution in [2.24, 2.45) is 0 Å². The Bertz CT molecular complexity index is 591. The van der Waals surface area contributed by atoms with Crippen LogP contribution < -0.4 is 0 Å². The normalized spacial score (nSPS) is 34.2. The van der Waals surface area contributed by atoms with Crippen LogP contribution in [0.3, 0.4) is 0 Å². The maximum absolute atomic E-state index is 9.88. The summed E-state index contributed by atoms with van der Waals surface area (Å²) < 4.78 is 47.9. The Labute approximate surface area is 237 Å². The van der Waals surface area contributed by atoms with Crippen molar-refractivity contribution in [3.8, 4) is 0 Å². The predicted octanol–water partition coefficient (Wildman–Crippen LogP) is -5.30. The molecule has 10 atom stereocenters. The second kappa shape index (κ2) is 21.1. The summed E-state index contributed by atoms with van der Waals surface area (Å²) in [5.41, 5.74) is 0. The van der Waals surface area contributed by atoms with Crippen molar-refractivity contribution < 1.29 is 83.5 Å². The molecular weight excluding hydrogens is 560 g/mol. The molecule has 41 heavy (non-hydrogen) atoms. The minimum Gasteiger partial charge on any atom is -0.394 e. The van der Waals surface area contributed by atoms with Crippen LogP contribution in [0.5, 0.6) is 0 Å². The maximum atomic E-state index is 9.88. The Balaban J connectivity index is 1.31. The monoisotopic (exact) mass is 606 g/mol. The van der Waals surface area contributed by atoms with Crippen LogP contribution in [-0.4, -0.2) is 195 Å². The van der Waals surface area contributed by atoms with Crippen LogP contribution >= 0.6 is 0 Å². The van der Waals surface area contributed by atoms with Crippen LogP contribution in [0.4, 0.5) is 0 Å². The van der Waals surface area contributed by atoms with Crippen LogP contribution in [0.1, 0.15) is 0 Å². The molecule has 0 unspecified atom stereocenters. The van der Waals surface area contributed by atoms with E-state index in [4.69, 9.17) is 52.8 Å². The molecule has 2 aliphatic rings. The summed E-state index contributed by atoms with van der Waals surface area (Å²) in [6, 6.07) is 0. The van der Waals surface area contributed by atoms with Crippen molar-refractivity contribution >= 4 is 0 Å². The lowest BCUT2D eigenvalue weighted by Gasteiger charge is -2.39. The van der Waals surface area contributed by atoms with Crippen molar-refractivity contribution in [3.63, 3.8) is 0 Å². The lowest BCUT2D eigenvalue weighted by Crippen LogP contribution is -2.59. The van der Waals surface area contributed by atoms with Crippen molar-refractivity contribution in [1.82, 2.24) is 0 Å². The Morgan fingerprint density at radius 1 is 0.366 bits per heavy atom. The Morgan fingerprint density at radius 3 is 0.902 bits per heavy atom. The molecule has 2 heterocycles. The number of hydrogen-bond acceptors (Lipinski definition) is 17. The largest absolute Gasteiger partial charge is 0.394 e. The fraction of sp³-hybridized carbons (Fsp3) is 1.00. The smallest absolute Gasteiger partial charge is 0.186 e. The predicted molar refractivity (Wildman–Crippen MR) is 134 cm³/mol. The minimum atomic E-state index is -1.49. The first-order chi connectivity index (χ1) is 19.8. The van der Waals surface area contributed by atoms with Gasteiger partial charge in [-0.2, -0.15) is 0 Å². The van der Waals surface area contributed by atoms with Gasteiger partial charge in [0.05, 0.1) is 92.5 Å². The lowest BCUT2D eigenvalue weighted by molar-refractivity contribution is -0.302. The summed E-state index contributed by atoms with van der Waals surface area (Å²) in [7, 11) is 0. The average molecular weight is 607 g/mol. The summed E-state index contributed by atoms with van der Waals surface area (Å²) in [5, 5.41) is 76.9. The van der Waals surface area contributed by atoms with Gasteiger partial charge in [-0.05, 0) is 0 Å². The Kier molecular flexibility index (Phi) is 18.8. The lowest BCUT2D eigenvalue weighted by atomic mass is 9.99. The molecule has 244 valence electrons. The van der Waals surface area contributed by atoms with Crippen LogP contribution in [0.15, 0.2) is 0 Å². The molecule has 17 nitrogen and oxygen atoms in total. The summed E-state index contributed by atoms with van der Waals surface area (Å²) in [6.45, 7) is 2.17. The molecule has 0 aromatic heterocycles. The van der Waals surface area contributed by atoms with Gasteiger partial charge in [-0.1, -0.05) is 0 Å². The molecule has 0 aromatic rings. The molecule has 0 radical (unpaired) electrons. The Morgan fingerprint density at radius 2 is 0.634 bits per heavy atom. The van der Waals surface area contributed by atoms with E-state index in [0.29, 0.717) is 52.9 Å². The summed E-state index contributed by atoms with van der Waals surface area (Å²) in [5.74, 6) is 0. The van der Waals surface area contributed by atoms with E-state index in [1.807, 2.05) is 0 Å². The molecule has 0 spiro atoms.